The lowest BCUT2D eigenvalue weighted by Gasteiger charge is -2.35. The first-order chi connectivity index (χ1) is 9.85. The fourth-order valence-corrected chi connectivity index (χ4v) is 2.72. The van der Waals surface area contributed by atoms with Crippen molar-refractivity contribution in [3.8, 4) is 5.75 Å². The summed E-state index contributed by atoms with van der Waals surface area (Å²) in [5, 5.41) is 3.66. The molecule has 2 rings (SSSR count). The minimum Gasteiger partial charge on any atom is -0.406 e. The number of likely N-dealkylation sites (tertiary alicyclic amines) is 1. The average Bonchev–Trinajstić information content (AvgIpc) is 2.40. The van der Waals surface area contributed by atoms with Gasteiger partial charge in [0, 0.05) is 18.3 Å². The second-order valence-corrected chi connectivity index (χ2v) is 5.43. The number of benzene rings is 1. The number of alkyl halides is 3. The smallest absolute Gasteiger partial charge is 0.406 e. The summed E-state index contributed by atoms with van der Waals surface area (Å²) < 4.78 is 40.0. The number of halogens is 3. The predicted octanol–water partition coefficient (Wildman–Crippen LogP) is 4.16. The van der Waals surface area contributed by atoms with Gasteiger partial charge in [-0.3, -0.25) is 0 Å². The Labute approximate surface area is 127 Å². The zero-order valence-electron chi connectivity index (χ0n) is 11.6. The summed E-state index contributed by atoms with van der Waals surface area (Å²) in [7, 11) is 0. The Balaban J connectivity index is 1.95. The molecule has 1 aromatic carbocycles. The fourth-order valence-electron chi connectivity index (χ4n) is 2.34. The number of piperidine rings is 1. The molecule has 1 aliphatic heterocycles. The van der Waals surface area contributed by atoms with E-state index in [2.05, 4.69) is 21.9 Å². The summed E-state index contributed by atoms with van der Waals surface area (Å²) in [6, 6.07) is 5.94. The van der Waals surface area contributed by atoms with E-state index >= 15 is 0 Å². The number of anilines is 1. The summed E-state index contributed by atoms with van der Waals surface area (Å²) in [5.74, 6) is -0.245. The molecule has 1 aromatic rings. The Morgan fingerprint density at radius 3 is 2.52 bits per heavy atom. The van der Waals surface area contributed by atoms with Crippen molar-refractivity contribution >= 4 is 23.0 Å². The highest BCUT2D eigenvalue weighted by Gasteiger charge is 2.31. The first-order valence-corrected chi connectivity index (χ1v) is 7.19. The fraction of sp³-hybridized carbons (Fsp3) is 0.500. The molecule has 1 saturated heterocycles. The van der Waals surface area contributed by atoms with Gasteiger partial charge in [0.2, 0.25) is 0 Å². The third-order valence-electron chi connectivity index (χ3n) is 3.40. The number of thiocarbonyl (C=S) groups is 1. The van der Waals surface area contributed by atoms with Crippen molar-refractivity contribution in [1.82, 2.24) is 4.90 Å². The Bertz CT molecular complexity index is 490. The van der Waals surface area contributed by atoms with Gasteiger partial charge < -0.3 is 15.0 Å². The van der Waals surface area contributed by atoms with Crippen LogP contribution in [-0.2, 0) is 0 Å². The van der Waals surface area contributed by atoms with E-state index in [1.807, 2.05) is 0 Å². The summed E-state index contributed by atoms with van der Waals surface area (Å²) in [4.78, 5) is 2.11. The lowest BCUT2D eigenvalue weighted by molar-refractivity contribution is -0.274. The van der Waals surface area contributed by atoms with Crippen LogP contribution in [0.4, 0.5) is 18.9 Å². The van der Waals surface area contributed by atoms with E-state index in [0.29, 0.717) is 16.8 Å². The van der Waals surface area contributed by atoms with Gasteiger partial charge in [-0.15, -0.1) is 13.2 Å². The molecule has 1 aliphatic rings. The molecular formula is C14H17F3N2OS. The highest BCUT2D eigenvalue weighted by atomic mass is 32.1. The Morgan fingerprint density at radius 1 is 1.29 bits per heavy atom. The van der Waals surface area contributed by atoms with Crippen LogP contribution in [0, 0.1) is 0 Å². The number of rotatable bonds is 2. The van der Waals surface area contributed by atoms with E-state index in [0.717, 1.165) is 19.4 Å². The standard InChI is InChI=1S/C14H17F3N2OS/c1-10-4-2-3-9-19(10)13(21)18-11-5-7-12(8-6-11)20-14(15,16)17/h5-8,10H,2-4,9H2,1H3,(H,18,21)/t10-/m1/s1. The highest BCUT2D eigenvalue weighted by molar-refractivity contribution is 7.80. The molecule has 21 heavy (non-hydrogen) atoms. The first kappa shape index (κ1) is 15.9. The number of hydrogen-bond acceptors (Lipinski definition) is 2. The molecule has 1 fully saturated rings. The third kappa shape index (κ3) is 4.77. The Morgan fingerprint density at radius 2 is 1.95 bits per heavy atom. The van der Waals surface area contributed by atoms with E-state index < -0.39 is 6.36 Å². The van der Waals surface area contributed by atoms with Gasteiger partial charge in [0.05, 0.1) is 0 Å². The van der Waals surface area contributed by atoms with Crippen LogP contribution in [0.2, 0.25) is 0 Å². The number of hydrogen-bond donors (Lipinski definition) is 1. The molecule has 0 saturated carbocycles. The highest BCUT2D eigenvalue weighted by Crippen LogP contribution is 2.24. The summed E-state index contributed by atoms with van der Waals surface area (Å²) in [6.07, 6.45) is -1.28. The average molecular weight is 318 g/mol. The molecule has 0 aromatic heterocycles. The minimum absolute atomic E-state index is 0.245. The molecule has 0 aliphatic carbocycles. The van der Waals surface area contributed by atoms with Crippen LogP contribution in [0.3, 0.4) is 0 Å². The molecular weight excluding hydrogens is 301 g/mol. The maximum absolute atomic E-state index is 12.1. The van der Waals surface area contributed by atoms with E-state index in [-0.39, 0.29) is 5.75 Å². The maximum atomic E-state index is 12.1. The van der Waals surface area contributed by atoms with Gasteiger partial charge in [-0.05, 0) is 62.7 Å². The van der Waals surface area contributed by atoms with Gasteiger partial charge in [0.1, 0.15) is 5.75 Å². The normalized spacial score (nSPS) is 19.2. The molecule has 1 atom stereocenters. The number of ether oxygens (including phenoxy) is 1. The zero-order chi connectivity index (χ0) is 15.5. The van der Waals surface area contributed by atoms with Gasteiger partial charge in [-0.2, -0.15) is 0 Å². The van der Waals surface area contributed by atoms with Gasteiger partial charge in [0.15, 0.2) is 5.11 Å². The van der Waals surface area contributed by atoms with Crippen LogP contribution >= 0.6 is 12.2 Å². The summed E-state index contributed by atoms with van der Waals surface area (Å²) in [5.41, 5.74) is 0.646. The van der Waals surface area contributed by atoms with Crippen LogP contribution < -0.4 is 10.1 Å². The molecule has 0 bridgehead atoms. The van der Waals surface area contributed by atoms with Crippen molar-refractivity contribution in [3.05, 3.63) is 24.3 Å². The molecule has 7 heteroatoms. The van der Waals surface area contributed by atoms with Crippen molar-refractivity contribution < 1.29 is 17.9 Å². The topological polar surface area (TPSA) is 24.5 Å². The molecule has 0 amide bonds. The van der Waals surface area contributed by atoms with E-state index in [1.165, 1.54) is 30.7 Å². The van der Waals surface area contributed by atoms with Gasteiger partial charge in [-0.25, -0.2) is 0 Å². The van der Waals surface area contributed by atoms with E-state index in [9.17, 15) is 13.2 Å². The predicted molar refractivity (Wildman–Crippen MR) is 79.4 cm³/mol. The molecule has 1 heterocycles. The van der Waals surface area contributed by atoms with Crippen molar-refractivity contribution in [1.29, 1.82) is 0 Å². The van der Waals surface area contributed by atoms with E-state index in [4.69, 9.17) is 12.2 Å². The molecule has 0 unspecified atom stereocenters. The molecule has 3 nitrogen and oxygen atoms in total. The summed E-state index contributed by atoms with van der Waals surface area (Å²) >= 11 is 5.36. The lowest BCUT2D eigenvalue weighted by atomic mass is 10.0. The van der Waals surface area contributed by atoms with Crippen molar-refractivity contribution in [2.75, 3.05) is 11.9 Å². The van der Waals surface area contributed by atoms with Crippen LogP contribution in [0.5, 0.6) is 5.75 Å². The monoisotopic (exact) mass is 318 g/mol. The molecule has 1 N–H and O–H groups in total. The van der Waals surface area contributed by atoms with Gasteiger partial charge in [-0.1, -0.05) is 0 Å². The largest absolute Gasteiger partial charge is 0.573 e. The van der Waals surface area contributed by atoms with Crippen LogP contribution in [0.15, 0.2) is 24.3 Å². The quantitative estimate of drug-likeness (QED) is 0.828. The number of nitrogens with one attached hydrogen (secondary N) is 1. The maximum Gasteiger partial charge on any atom is 0.573 e. The molecule has 116 valence electrons. The molecule has 0 radical (unpaired) electrons. The van der Waals surface area contributed by atoms with Crippen LogP contribution in [0.1, 0.15) is 26.2 Å². The second-order valence-electron chi connectivity index (χ2n) is 5.04. The van der Waals surface area contributed by atoms with Gasteiger partial charge in [0.25, 0.3) is 0 Å². The van der Waals surface area contributed by atoms with Gasteiger partial charge >= 0.3 is 6.36 Å². The first-order valence-electron chi connectivity index (χ1n) is 6.78. The van der Waals surface area contributed by atoms with Crippen molar-refractivity contribution in [3.63, 3.8) is 0 Å². The van der Waals surface area contributed by atoms with Crippen molar-refractivity contribution in [2.24, 2.45) is 0 Å². The lowest BCUT2D eigenvalue weighted by Crippen LogP contribution is -2.44. The molecule has 0 spiro atoms. The minimum atomic E-state index is -4.67. The van der Waals surface area contributed by atoms with Crippen LogP contribution in [0.25, 0.3) is 0 Å². The third-order valence-corrected chi connectivity index (χ3v) is 3.74. The summed E-state index contributed by atoms with van der Waals surface area (Å²) in [6.45, 7) is 3.02. The Hall–Kier alpha value is -1.50. The Kier molecular flexibility index (Phi) is 4.92. The van der Waals surface area contributed by atoms with Crippen molar-refractivity contribution in [2.45, 2.75) is 38.6 Å². The second kappa shape index (κ2) is 6.51. The number of nitrogens with zero attached hydrogens (tertiary/aromatic N) is 1. The van der Waals surface area contributed by atoms with Crippen LogP contribution in [-0.4, -0.2) is 29.0 Å². The van der Waals surface area contributed by atoms with E-state index in [1.54, 1.807) is 0 Å². The SMILES string of the molecule is C[C@@H]1CCCCN1C(=S)Nc1ccc(OC(F)(F)F)cc1. The zero-order valence-corrected chi connectivity index (χ0v) is 12.4.